The van der Waals surface area contributed by atoms with E-state index in [-0.39, 0.29) is 11.5 Å². The van der Waals surface area contributed by atoms with Crippen LogP contribution in [0.3, 0.4) is 0 Å². The summed E-state index contributed by atoms with van der Waals surface area (Å²) in [7, 11) is 0. The molecule has 0 aromatic heterocycles. The number of carbonyl (C=O) groups is 1. The number of carboxylic acids is 1. The number of phenolic OH excluding ortho intramolecular Hbond substituents is 1. The van der Waals surface area contributed by atoms with Crippen LogP contribution in [0.15, 0.2) is 78.9 Å². The lowest BCUT2D eigenvalue weighted by molar-refractivity contribution is -0.139. The molecule has 0 bridgehead atoms. The van der Waals surface area contributed by atoms with Crippen LogP contribution in [0.4, 0.5) is 8.78 Å². The predicted octanol–water partition coefficient (Wildman–Crippen LogP) is 7.21. The van der Waals surface area contributed by atoms with Gasteiger partial charge in [0, 0.05) is 27.9 Å². The fourth-order valence-corrected chi connectivity index (χ4v) is 4.59. The van der Waals surface area contributed by atoms with Crippen LogP contribution < -0.4 is 4.74 Å². The zero-order chi connectivity index (χ0) is 25.8. The maximum Gasteiger partial charge on any atom is 0.341 e. The quantitative estimate of drug-likeness (QED) is 0.237. The Kier molecular flexibility index (Phi) is 7.77. The molecule has 2 N–H and O–H groups in total. The highest BCUT2D eigenvalue weighted by Gasteiger charge is 2.21. The van der Waals surface area contributed by atoms with E-state index in [2.05, 4.69) is 0 Å². The standard InChI is InChI=1S/C28H20Cl2F2O4/c29-24-13-21(36-15-27(34)35)14-25(30)22(24)11-16-1-10-26(33)23(12-16)28(17-2-6-19(31)7-3-17)18-4-8-20(32)9-5-18/h1-10,12-14,28,33H,11,15H2,(H,34,35). The van der Waals surface area contributed by atoms with Gasteiger partial charge >= 0.3 is 5.97 Å². The first-order valence-electron chi connectivity index (χ1n) is 10.9. The van der Waals surface area contributed by atoms with Crippen molar-refractivity contribution in [2.75, 3.05) is 6.61 Å². The topological polar surface area (TPSA) is 66.8 Å². The normalized spacial score (nSPS) is 11.0. The van der Waals surface area contributed by atoms with Crippen LogP contribution in [0, 0.1) is 11.6 Å². The van der Waals surface area contributed by atoms with Crippen molar-refractivity contribution in [1.29, 1.82) is 0 Å². The maximum atomic E-state index is 13.6. The van der Waals surface area contributed by atoms with Gasteiger partial charge in [-0.2, -0.15) is 0 Å². The fourth-order valence-electron chi connectivity index (χ4n) is 3.99. The second kappa shape index (κ2) is 11.0. The van der Waals surface area contributed by atoms with E-state index in [0.717, 1.165) is 5.56 Å². The number of phenols is 1. The molecule has 0 unspecified atom stereocenters. The number of rotatable bonds is 8. The summed E-state index contributed by atoms with van der Waals surface area (Å²) in [5.74, 6) is -2.16. The van der Waals surface area contributed by atoms with Crippen LogP contribution in [0.1, 0.15) is 33.7 Å². The van der Waals surface area contributed by atoms with Crippen molar-refractivity contribution in [2.45, 2.75) is 12.3 Å². The van der Waals surface area contributed by atoms with E-state index in [9.17, 15) is 18.7 Å². The Morgan fingerprint density at radius 3 is 1.86 bits per heavy atom. The molecule has 0 aliphatic carbocycles. The highest BCUT2D eigenvalue weighted by Crippen LogP contribution is 2.39. The number of aliphatic carboxylic acids is 1. The number of carboxylic acid groups (broad SMARTS) is 1. The van der Waals surface area contributed by atoms with Crippen LogP contribution in [0.25, 0.3) is 0 Å². The first-order chi connectivity index (χ1) is 17.2. The predicted molar refractivity (Wildman–Crippen MR) is 134 cm³/mol. The highest BCUT2D eigenvalue weighted by atomic mass is 35.5. The third kappa shape index (κ3) is 5.96. The molecule has 0 heterocycles. The molecule has 0 radical (unpaired) electrons. The zero-order valence-corrected chi connectivity index (χ0v) is 20.2. The number of hydrogen-bond donors (Lipinski definition) is 2. The Morgan fingerprint density at radius 1 is 0.833 bits per heavy atom. The van der Waals surface area contributed by atoms with Crippen molar-refractivity contribution in [3.63, 3.8) is 0 Å². The lowest BCUT2D eigenvalue weighted by atomic mass is 9.83. The van der Waals surface area contributed by atoms with Gasteiger partial charge in [-0.1, -0.05) is 59.6 Å². The summed E-state index contributed by atoms with van der Waals surface area (Å²) in [6.45, 7) is -0.526. The lowest BCUT2D eigenvalue weighted by Crippen LogP contribution is -2.09. The molecule has 0 spiro atoms. The number of ether oxygens (including phenoxy) is 1. The fraction of sp³-hybridized carbons (Fsp3) is 0.107. The summed E-state index contributed by atoms with van der Waals surface area (Å²) in [6, 6.07) is 19.9. The molecule has 0 fully saturated rings. The van der Waals surface area contributed by atoms with Crippen molar-refractivity contribution in [2.24, 2.45) is 0 Å². The molecule has 0 saturated carbocycles. The summed E-state index contributed by atoms with van der Waals surface area (Å²) < 4.78 is 32.4. The molecule has 0 atom stereocenters. The summed E-state index contributed by atoms with van der Waals surface area (Å²) in [5.41, 5.74) is 3.34. The third-order valence-electron chi connectivity index (χ3n) is 5.67. The van der Waals surface area contributed by atoms with Gasteiger partial charge in [0.15, 0.2) is 6.61 Å². The zero-order valence-electron chi connectivity index (χ0n) is 18.7. The van der Waals surface area contributed by atoms with Crippen molar-refractivity contribution >= 4 is 29.2 Å². The summed E-state index contributed by atoms with van der Waals surface area (Å²) in [6.07, 6.45) is 0.309. The number of halogens is 4. The molecule has 0 aliphatic rings. The van der Waals surface area contributed by atoms with Gasteiger partial charge in [-0.3, -0.25) is 0 Å². The smallest absolute Gasteiger partial charge is 0.341 e. The third-order valence-corrected chi connectivity index (χ3v) is 6.34. The first-order valence-corrected chi connectivity index (χ1v) is 11.6. The number of benzene rings is 4. The van der Waals surface area contributed by atoms with E-state index in [1.807, 2.05) is 0 Å². The van der Waals surface area contributed by atoms with Gasteiger partial charge in [0.1, 0.15) is 23.1 Å². The SMILES string of the molecule is O=C(O)COc1cc(Cl)c(Cc2ccc(O)c(C(c3ccc(F)cc3)c3ccc(F)cc3)c2)c(Cl)c1. The lowest BCUT2D eigenvalue weighted by Gasteiger charge is -2.21. The van der Waals surface area contributed by atoms with Crippen molar-refractivity contribution in [3.8, 4) is 11.5 Å². The van der Waals surface area contributed by atoms with Crippen molar-refractivity contribution < 1.29 is 28.5 Å². The van der Waals surface area contributed by atoms with Crippen LogP contribution in [0.2, 0.25) is 10.0 Å². The Hall–Kier alpha value is -3.61. The van der Waals surface area contributed by atoms with E-state index in [1.54, 1.807) is 42.5 Å². The molecular weight excluding hydrogens is 509 g/mol. The molecule has 4 nitrogen and oxygen atoms in total. The summed E-state index contributed by atoms with van der Waals surface area (Å²) >= 11 is 12.8. The Bertz CT molecular complexity index is 1320. The molecule has 0 amide bonds. The van der Waals surface area contributed by atoms with Crippen molar-refractivity contribution in [3.05, 3.63) is 128 Å². The van der Waals surface area contributed by atoms with Gasteiger partial charge in [0.25, 0.3) is 0 Å². The van der Waals surface area contributed by atoms with Crippen LogP contribution in [0.5, 0.6) is 11.5 Å². The number of aromatic hydroxyl groups is 1. The van der Waals surface area contributed by atoms with Gasteiger partial charge in [0.2, 0.25) is 0 Å². The van der Waals surface area contributed by atoms with E-state index >= 15 is 0 Å². The van der Waals surface area contributed by atoms with Crippen LogP contribution >= 0.6 is 23.2 Å². The first kappa shape index (κ1) is 25.5. The average Bonchev–Trinajstić information content (AvgIpc) is 2.84. The summed E-state index contributed by atoms with van der Waals surface area (Å²) in [4.78, 5) is 10.8. The molecule has 4 aromatic rings. The molecule has 8 heteroatoms. The highest BCUT2D eigenvalue weighted by molar-refractivity contribution is 6.36. The van der Waals surface area contributed by atoms with Gasteiger partial charge in [-0.05, 0) is 64.7 Å². The second-order valence-electron chi connectivity index (χ2n) is 8.15. The molecular formula is C28H20Cl2F2O4. The maximum absolute atomic E-state index is 13.6. The summed E-state index contributed by atoms with van der Waals surface area (Å²) in [5, 5.41) is 20.2. The monoisotopic (exact) mass is 528 g/mol. The molecule has 4 aromatic carbocycles. The Balaban J connectivity index is 1.72. The number of hydrogen-bond acceptors (Lipinski definition) is 3. The van der Waals surface area contributed by atoms with Gasteiger partial charge < -0.3 is 14.9 Å². The molecule has 184 valence electrons. The van der Waals surface area contributed by atoms with Gasteiger partial charge in [-0.25, -0.2) is 13.6 Å². The van der Waals surface area contributed by atoms with Crippen molar-refractivity contribution in [1.82, 2.24) is 0 Å². The Labute approximate surface area is 216 Å². The van der Waals surface area contributed by atoms with Gasteiger partial charge in [-0.15, -0.1) is 0 Å². The molecule has 0 aliphatic heterocycles. The second-order valence-corrected chi connectivity index (χ2v) is 8.97. The largest absolute Gasteiger partial charge is 0.508 e. The Morgan fingerprint density at radius 2 is 1.36 bits per heavy atom. The molecule has 36 heavy (non-hydrogen) atoms. The minimum absolute atomic E-state index is 0.0204. The van der Waals surface area contributed by atoms with Crippen LogP contribution in [-0.4, -0.2) is 22.8 Å². The van der Waals surface area contributed by atoms with E-state index in [1.165, 1.54) is 36.4 Å². The molecule has 4 rings (SSSR count). The average molecular weight is 529 g/mol. The van der Waals surface area contributed by atoms with E-state index < -0.39 is 30.1 Å². The van der Waals surface area contributed by atoms with E-state index in [4.69, 9.17) is 33.0 Å². The van der Waals surface area contributed by atoms with Crippen LogP contribution in [-0.2, 0) is 11.2 Å². The minimum atomic E-state index is -1.13. The minimum Gasteiger partial charge on any atom is -0.508 e. The molecule has 0 saturated heterocycles. The van der Waals surface area contributed by atoms with Gasteiger partial charge in [0.05, 0.1) is 0 Å². The van der Waals surface area contributed by atoms with E-state index in [0.29, 0.717) is 38.7 Å².